The van der Waals surface area contributed by atoms with Crippen molar-refractivity contribution in [2.45, 2.75) is 13.5 Å². The molecule has 0 radical (unpaired) electrons. The molecule has 5 heteroatoms. The van der Waals surface area contributed by atoms with Crippen LogP contribution in [0.15, 0.2) is 41.8 Å². The van der Waals surface area contributed by atoms with Crippen LogP contribution in [0.25, 0.3) is 0 Å². The van der Waals surface area contributed by atoms with Crippen LogP contribution in [-0.4, -0.2) is 25.8 Å². The van der Waals surface area contributed by atoms with E-state index in [9.17, 15) is 5.11 Å². The van der Waals surface area contributed by atoms with Crippen molar-refractivity contribution >= 4 is 5.71 Å². The van der Waals surface area contributed by atoms with Crippen LogP contribution in [0.4, 0.5) is 0 Å². The number of rotatable bonds is 3. The first-order valence-electron chi connectivity index (χ1n) is 5.29. The molecular weight excluding hydrogens is 218 g/mol. The molecule has 1 aromatic heterocycles. The Balaban J connectivity index is 2.45. The maximum atomic E-state index is 9.72. The van der Waals surface area contributed by atoms with Crippen LogP contribution in [0.2, 0.25) is 0 Å². The summed E-state index contributed by atoms with van der Waals surface area (Å²) in [4.78, 5) is 0. The Hall–Kier alpha value is -2.30. The monoisotopic (exact) mass is 231 g/mol. The number of hydrogen-bond acceptors (Lipinski definition) is 4. The summed E-state index contributed by atoms with van der Waals surface area (Å²) in [7, 11) is 0. The van der Waals surface area contributed by atoms with Gasteiger partial charge < -0.3 is 10.3 Å². The van der Waals surface area contributed by atoms with Crippen LogP contribution in [0.1, 0.15) is 18.1 Å². The molecule has 0 unspecified atom stereocenters. The summed E-state index contributed by atoms with van der Waals surface area (Å²) in [5.41, 5.74) is 1.45. The summed E-state index contributed by atoms with van der Waals surface area (Å²) in [5.74, 6) is 0.0737. The van der Waals surface area contributed by atoms with Crippen molar-refractivity contribution < 1.29 is 10.3 Å². The maximum absolute atomic E-state index is 9.72. The summed E-state index contributed by atoms with van der Waals surface area (Å²) in [5, 5.41) is 26.1. The number of benzene rings is 1. The van der Waals surface area contributed by atoms with Crippen molar-refractivity contribution in [3.05, 3.63) is 47.8 Å². The molecule has 2 aromatic rings. The highest BCUT2D eigenvalue weighted by Crippen LogP contribution is 2.20. The molecule has 88 valence electrons. The summed E-state index contributed by atoms with van der Waals surface area (Å²) >= 11 is 0. The van der Waals surface area contributed by atoms with Crippen molar-refractivity contribution in [1.82, 2.24) is 9.78 Å². The van der Waals surface area contributed by atoms with E-state index in [1.54, 1.807) is 41.3 Å². The van der Waals surface area contributed by atoms with Crippen LogP contribution in [0, 0.1) is 0 Å². The van der Waals surface area contributed by atoms with Crippen molar-refractivity contribution in [2.24, 2.45) is 5.16 Å². The number of phenolic OH excluding ortho intramolecular Hbond substituents is 1. The fraction of sp³-hybridized carbons (Fsp3) is 0.167. The van der Waals surface area contributed by atoms with E-state index in [0.717, 1.165) is 6.54 Å². The van der Waals surface area contributed by atoms with Gasteiger partial charge in [-0.05, 0) is 19.1 Å². The number of phenols is 1. The van der Waals surface area contributed by atoms with Gasteiger partial charge in [0.2, 0.25) is 0 Å². The molecule has 0 saturated heterocycles. The second-order valence-electron chi connectivity index (χ2n) is 3.55. The molecule has 0 aliphatic heterocycles. The molecule has 5 nitrogen and oxygen atoms in total. The average molecular weight is 231 g/mol. The van der Waals surface area contributed by atoms with Crippen LogP contribution in [0.5, 0.6) is 5.75 Å². The van der Waals surface area contributed by atoms with Gasteiger partial charge in [-0.15, -0.1) is 0 Å². The lowest BCUT2D eigenvalue weighted by molar-refractivity contribution is 0.319. The highest BCUT2D eigenvalue weighted by atomic mass is 16.4. The number of nitrogens with zero attached hydrogens (tertiary/aromatic N) is 3. The average Bonchev–Trinajstić information content (AvgIpc) is 2.81. The second kappa shape index (κ2) is 4.69. The number of aryl methyl sites for hydroxylation is 1. The highest BCUT2D eigenvalue weighted by Gasteiger charge is 2.13. The molecule has 1 aromatic carbocycles. The number of oxime groups is 1. The smallest absolute Gasteiger partial charge is 0.125 e. The first-order chi connectivity index (χ1) is 8.26. The number of aromatic nitrogens is 2. The predicted octanol–water partition coefficient (Wildman–Crippen LogP) is 1.84. The number of para-hydroxylation sites is 1. The Morgan fingerprint density at radius 1 is 1.41 bits per heavy atom. The largest absolute Gasteiger partial charge is 0.507 e. The topological polar surface area (TPSA) is 70.6 Å². The van der Waals surface area contributed by atoms with Gasteiger partial charge in [-0.3, -0.25) is 4.68 Å². The Labute approximate surface area is 98.6 Å². The Bertz CT molecular complexity index is 546. The standard InChI is InChI=1S/C12H13N3O2/c1-2-15-8-9(7-13-15)12(14-17)10-5-3-4-6-11(10)16/h3-8,16-17H,2H2,1H3. The van der Waals surface area contributed by atoms with Gasteiger partial charge in [0.25, 0.3) is 0 Å². The van der Waals surface area contributed by atoms with Crippen LogP contribution in [0.3, 0.4) is 0 Å². The van der Waals surface area contributed by atoms with Gasteiger partial charge in [0, 0.05) is 23.9 Å². The van der Waals surface area contributed by atoms with E-state index in [1.807, 2.05) is 6.92 Å². The third kappa shape index (κ3) is 2.13. The quantitative estimate of drug-likeness (QED) is 0.481. The Morgan fingerprint density at radius 3 is 2.76 bits per heavy atom. The molecule has 0 aliphatic carbocycles. The van der Waals surface area contributed by atoms with Crippen molar-refractivity contribution in [3.63, 3.8) is 0 Å². The summed E-state index contributed by atoms with van der Waals surface area (Å²) in [6.45, 7) is 2.70. The predicted molar refractivity (Wildman–Crippen MR) is 63.4 cm³/mol. The molecule has 0 amide bonds. The summed E-state index contributed by atoms with van der Waals surface area (Å²) in [6, 6.07) is 6.71. The molecule has 0 fully saturated rings. The van der Waals surface area contributed by atoms with Crippen LogP contribution in [-0.2, 0) is 6.54 Å². The van der Waals surface area contributed by atoms with Gasteiger partial charge >= 0.3 is 0 Å². The van der Waals surface area contributed by atoms with E-state index in [4.69, 9.17) is 5.21 Å². The lowest BCUT2D eigenvalue weighted by Crippen LogP contribution is -2.02. The summed E-state index contributed by atoms with van der Waals surface area (Å²) < 4.78 is 1.72. The van der Waals surface area contributed by atoms with Gasteiger partial charge in [-0.2, -0.15) is 5.10 Å². The molecule has 1 heterocycles. The lowest BCUT2D eigenvalue weighted by atomic mass is 10.0. The molecule has 0 atom stereocenters. The van der Waals surface area contributed by atoms with E-state index < -0.39 is 0 Å². The molecule has 0 aliphatic rings. The molecule has 2 N–H and O–H groups in total. The molecule has 0 spiro atoms. The third-order valence-corrected chi connectivity index (χ3v) is 2.49. The third-order valence-electron chi connectivity index (χ3n) is 2.49. The van der Waals surface area contributed by atoms with Crippen LogP contribution >= 0.6 is 0 Å². The van der Waals surface area contributed by atoms with E-state index in [-0.39, 0.29) is 5.75 Å². The molecular formula is C12H13N3O2. The zero-order valence-corrected chi connectivity index (χ0v) is 9.41. The SMILES string of the molecule is CCn1cc(C(=NO)c2ccccc2O)cn1. The summed E-state index contributed by atoms with van der Waals surface area (Å²) in [6.07, 6.45) is 3.37. The van der Waals surface area contributed by atoms with Gasteiger partial charge in [-0.1, -0.05) is 17.3 Å². The van der Waals surface area contributed by atoms with Gasteiger partial charge in [0.1, 0.15) is 11.5 Å². The van der Waals surface area contributed by atoms with E-state index in [1.165, 1.54) is 0 Å². The highest BCUT2D eigenvalue weighted by molar-refractivity contribution is 6.13. The van der Waals surface area contributed by atoms with Gasteiger partial charge in [0.15, 0.2) is 0 Å². The second-order valence-corrected chi connectivity index (χ2v) is 3.55. The number of hydrogen-bond donors (Lipinski definition) is 2. The minimum atomic E-state index is 0.0737. The first-order valence-corrected chi connectivity index (χ1v) is 5.29. The minimum Gasteiger partial charge on any atom is -0.507 e. The van der Waals surface area contributed by atoms with Gasteiger partial charge in [-0.25, -0.2) is 0 Å². The Morgan fingerprint density at radius 2 is 2.18 bits per heavy atom. The zero-order valence-electron chi connectivity index (χ0n) is 9.41. The van der Waals surface area contributed by atoms with E-state index in [2.05, 4.69) is 10.3 Å². The van der Waals surface area contributed by atoms with Gasteiger partial charge in [0.05, 0.1) is 6.20 Å². The molecule has 0 bridgehead atoms. The van der Waals surface area contributed by atoms with Crippen molar-refractivity contribution in [3.8, 4) is 5.75 Å². The zero-order chi connectivity index (χ0) is 12.3. The van der Waals surface area contributed by atoms with E-state index in [0.29, 0.717) is 16.8 Å². The number of aromatic hydroxyl groups is 1. The minimum absolute atomic E-state index is 0.0737. The first kappa shape index (κ1) is 11.2. The van der Waals surface area contributed by atoms with E-state index >= 15 is 0 Å². The van der Waals surface area contributed by atoms with Crippen molar-refractivity contribution in [2.75, 3.05) is 0 Å². The fourth-order valence-electron chi connectivity index (χ4n) is 1.60. The molecule has 0 saturated carbocycles. The molecule has 2 rings (SSSR count). The lowest BCUT2D eigenvalue weighted by Gasteiger charge is -2.04. The maximum Gasteiger partial charge on any atom is 0.125 e. The Kier molecular flexibility index (Phi) is 3.09. The van der Waals surface area contributed by atoms with Crippen molar-refractivity contribution in [1.29, 1.82) is 0 Å². The fourth-order valence-corrected chi connectivity index (χ4v) is 1.60. The van der Waals surface area contributed by atoms with Crippen LogP contribution < -0.4 is 0 Å². The molecule has 17 heavy (non-hydrogen) atoms. The normalized spacial score (nSPS) is 11.7.